The van der Waals surface area contributed by atoms with Gasteiger partial charge in [0.25, 0.3) is 0 Å². The van der Waals surface area contributed by atoms with E-state index in [4.69, 9.17) is 9.47 Å². The predicted molar refractivity (Wildman–Crippen MR) is 80.0 cm³/mol. The molecule has 0 atom stereocenters. The van der Waals surface area contributed by atoms with E-state index < -0.39 is 17.6 Å². The molecule has 2 aromatic rings. The molecule has 2 aromatic carbocycles. The fourth-order valence-corrected chi connectivity index (χ4v) is 2.06. The Labute approximate surface area is 130 Å². The molecule has 1 aliphatic heterocycles. The zero-order valence-corrected chi connectivity index (χ0v) is 12.0. The van der Waals surface area contributed by atoms with Crippen LogP contribution in [0.25, 0.3) is 6.08 Å². The number of hydrogen-bond donors (Lipinski definition) is 0. The third-order valence-electron chi connectivity index (χ3n) is 3.19. The normalized spacial score (nSPS) is 15.5. The highest BCUT2D eigenvalue weighted by Crippen LogP contribution is 2.22. The molecule has 0 spiro atoms. The van der Waals surface area contributed by atoms with Crippen molar-refractivity contribution in [2.45, 2.75) is 0 Å². The van der Waals surface area contributed by atoms with E-state index in [1.54, 1.807) is 6.07 Å². The Hall–Kier alpha value is -3.02. The van der Waals surface area contributed by atoms with Crippen LogP contribution in [-0.2, 0) is 9.53 Å². The number of esters is 1. The summed E-state index contributed by atoms with van der Waals surface area (Å²) in [6.45, 7) is 0. The Morgan fingerprint density at radius 2 is 1.87 bits per heavy atom. The number of nitrogens with zero attached hydrogens (tertiary/aromatic N) is 1. The van der Waals surface area contributed by atoms with Crippen LogP contribution in [0.5, 0.6) is 5.75 Å². The largest absolute Gasteiger partial charge is 0.494 e. The number of rotatable bonds is 3. The SMILES string of the molecule is COc1ccc(/C=C2\N=C(c3ccc(F)cc3)OC2=O)cc1F. The van der Waals surface area contributed by atoms with Gasteiger partial charge in [-0.2, -0.15) is 0 Å². The lowest BCUT2D eigenvalue weighted by molar-refractivity contribution is -0.129. The molecule has 3 rings (SSSR count). The molecule has 4 nitrogen and oxygen atoms in total. The number of aliphatic imine (C=N–C) groups is 1. The van der Waals surface area contributed by atoms with Gasteiger partial charge in [-0.05, 0) is 48.0 Å². The van der Waals surface area contributed by atoms with Gasteiger partial charge in [-0.3, -0.25) is 0 Å². The standard InChI is InChI=1S/C17H11F2NO3/c1-22-15-7-2-10(8-13(15)19)9-14-17(21)23-16(20-14)11-3-5-12(18)6-4-11/h2-9H,1H3/b14-9-. The first-order chi connectivity index (χ1) is 11.1. The summed E-state index contributed by atoms with van der Waals surface area (Å²) in [4.78, 5) is 15.9. The maximum atomic E-state index is 13.7. The van der Waals surface area contributed by atoms with Gasteiger partial charge in [-0.25, -0.2) is 18.6 Å². The molecule has 1 heterocycles. The molecule has 0 saturated carbocycles. The summed E-state index contributed by atoms with van der Waals surface area (Å²) in [5.41, 5.74) is 0.956. The number of halogens is 2. The van der Waals surface area contributed by atoms with Gasteiger partial charge < -0.3 is 9.47 Å². The van der Waals surface area contributed by atoms with Crippen molar-refractivity contribution in [1.29, 1.82) is 0 Å². The average Bonchev–Trinajstić information content (AvgIpc) is 2.89. The molecule has 0 fully saturated rings. The van der Waals surface area contributed by atoms with Crippen molar-refractivity contribution < 1.29 is 23.0 Å². The second kappa shape index (κ2) is 6.00. The lowest BCUT2D eigenvalue weighted by Gasteiger charge is -2.01. The summed E-state index contributed by atoms with van der Waals surface area (Å²) in [5.74, 6) is -1.41. The Morgan fingerprint density at radius 1 is 1.13 bits per heavy atom. The summed E-state index contributed by atoms with van der Waals surface area (Å²) in [7, 11) is 1.37. The minimum atomic E-state index is -0.652. The zero-order chi connectivity index (χ0) is 16.4. The van der Waals surface area contributed by atoms with Crippen molar-refractivity contribution in [3.63, 3.8) is 0 Å². The molecule has 0 unspecified atom stereocenters. The van der Waals surface area contributed by atoms with Crippen molar-refractivity contribution in [2.24, 2.45) is 4.99 Å². The number of cyclic esters (lactones) is 1. The summed E-state index contributed by atoms with van der Waals surface area (Å²) < 4.78 is 36.4. The van der Waals surface area contributed by atoms with Crippen molar-refractivity contribution >= 4 is 17.9 Å². The van der Waals surface area contributed by atoms with Crippen LogP contribution in [0.4, 0.5) is 8.78 Å². The molecule has 6 heteroatoms. The molecular formula is C17H11F2NO3. The van der Waals surface area contributed by atoms with E-state index >= 15 is 0 Å². The van der Waals surface area contributed by atoms with E-state index in [0.717, 1.165) is 0 Å². The lowest BCUT2D eigenvalue weighted by Crippen LogP contribution is -2.05. The number of carbonyl (C=O) groups is 1. The minimum absolute atomic E-state index is 0.0360. The van der Waals surface area contributed by atoms with Crippen LogP contribution in [0, 0.1) is 11.6 Å². The Morgan fingerprint density at radius 3 is 2.52 bits per heavy atom. The molecule has 0 radical (unpaired) electrons. The summed E-state index contributed by atoms with van der Waals surface area (Å²) in [5, 5.41) is 0. The van der Waals surface area contributed by atoms with Gasteiger partial charge in [0.05, 0.1) is 7.11 Å². The molecular weight excluding hydrogens is 304 g/mol. The number of ether oxygens (including phenoxy) is 2. The number of carbonyl (C=O) groups excluding carboxylic acids is 1. The van der Waals surface area contributed by atoms with Gasteiger partial charge in [0.1, 0.15) is 5.82 Å². The smallest absolute Gasteiger partial charge is 0.363 e. The number of methoxy groups -OCH3 is 1. The van der Waals surface area contributed by atoms with Crippen molar-refractivity contribution in [3.05, 3.63) is 70.9 Å². The fourth-order valence-electron chi connectivity index (χ4n) is 2.06. The summed E-state index contributed by atoms with van der Waals surface area (Å²) >= 11 is 0. The van der Waals surface area contributed by atoms with Gasteiger partial charge in [0.15, 0.2) is 17.3 Å². The zero-order valence-electron chi connectivity index (χ0n) is 12.0. The van der Waals surface area contributed by atoms with Crippen LogP contribution in [0.15, 0.2) is 53.2 Å². The highest BCUT2D eigenvalue weighted by Gasteiger charge is 2.24. The molecule has 1 aliphatic rings. The summed E-state index contributed by atoms with van der Waals surface area (Å²) in [6.07, 6.45) is 1.40. The van der Waals surface area contributed by atoms with E-state index in [2.05, 4.69) is 4.99 Å². The first-order valence-electron chi connectivity index (χ1n) is 6.69. The fraction of sp³-hybridized carbons (Fsp3) is 0.0588. The molecule has 0 bridgehead atoms. The summed E-state index contributed by atoms with van der Waals surface area (Å²) in [6, 6.07) is 9.66. The van der Waals surface area contributed by atoms with Gasteiger partial charge in [-0.1, -0.05) is 6.07 Å². The number of hydrogen-bond acceptors (Lipinski definition) is 4. The predicted octanol–water partition coefficient (Wildman–Crippen LogP) is 3.32. The van der Waals surface area contributed by atoms with Crippen LogP contribution in [0.3, 0.4) is 0 Å². The average molecular weight is 315 g/mol. The maximum Gasteiger partial charge on any atom is 0.363 e. The maximum absolute atomic E-state index is 13.7. The number of benzene rings is 2. The molecule has 23 heavy (non-hydrogen) atoms. The van der Waals surface area contributed by atoms with Gasteiger partial charge >= 0.3 is 5.97 Å². The van der Waals surface area contributed by atoms with E-state index in [1.165, 1.54) is 49.6 Å². The van der Waals surface area contributed by atoms with Gasteiger partial charge in [0, 0.05) is 5.56 Å². The Bertz CT molecular complexity index is 826. The van der Waals surface area contributed by atoms with Gasteiger partial charge in [-0.15, -0.1) is 0 Å². The Kier molecular flexibility index (Phi) is 3.89. The van der Waals surface area contributed by atoms with E-state index in [9.17, 15) is 13.6 Å². The van der Waals surface area contributed by atoms with Gasteiger partial charge in [0.2, 0.25) is 5.90 Å². The third kappa shape index (κ3) is 3.11. The van der Waals surface area contributed by atoms with E-state index in [-0.39, 0.29) is 17.3 Å². The quantitative estimate of drug-likeness (QED) is 0.645. The second-order valence-corrected chi connectivity index (χ2v) is 4.74. The molecule has 0 N–H and O–H groups in total. The van der Waals surface area contributed by atoms with Crippen LogP contribution < -0.4 is 4.74 Å². The lowest BCUT2D eigenvalue weighted by atomic mass is 10.2. The van der Waals surface area contributed by atoms with Crippen LogP contribution >= 0.6 is 0 Å². The molecule has 0 aromatic heterocycles. The minimum Gasteiger partial charge on any atom is -0.494 e. The molecule has 0 saturated heterocycles. The van der Waals surface area contributed by atoms with Crippen molar-refractivity contribution in [2.75, 3.05) is 7.11 Å². The highest BCUT2D eigenvalue weighted by atomic mass is 19.1. The van der Waals surface area contributed by atoms with E-state index in [1.807, 2.05) is 0 Å². The molecule has 116 valence electrons. The first kappa shape index (κ1) is 14.9. The van der Waals surface area contributed by atoms with E-state index in [0.29, 0.717) is 11.1 Å². The second-order valence-electron chi connectivity index (χ2n) is 4.74. The van der Waals surface area contributed by atoms with Crippen LogP contribution in [0.2, 0.25) is 0 Å². The topological polar surface area (TPSA) is 47.9 Å². The highest BCUT2D eigenvalue weighted by molar-refractivity contribution is 6.12. The van der Waals surface area contributed by atoms with Crippen molar-refractivity contribution in [1.82, 2.24) is 0 Å². The third-order valence-corrected chi connectivity index (χ3v) is 3.19. The Balaban J connectivity index is 1.91. The molecule has 0 aliphatic carbocycles. The molecule has 0 amide bonds. The van der Waals surface area contributed by atoms with Crippen molar-refractivity contribution in [3.8, 4) is 5.75 Å². The first-order valence-corrected chi connectivity index (χ1v) is 6.69. The monoisotopic (exact) mass is 315 g/mol. The van der Waals surface area contributed by atoms with Crippen LogP contribution in [-0.4, -0.2) is 19.0 Å². The van der Waals surface area contributed by atoms with Crippen LogP contribution in [0.1, 0.15) is 11.1 Å².